The van der Waals surface area contributed by atoms with Gasteiger partial charge in [0.15, 0.2) is 6.29 Å². The number of aliphatic hydroxyl groups excluding tert-OH is 1. The third-order valence-electron chi connectivity index (χ3n) is 3.85. The maximum atomic E-state index is 10.7. The number of aliphatic hydroxyl groups is 1. The van der Waals surface area contributed by atoms with Crippen molar-refractivity contribution in [1.82, 2.24) is 25.1 Å². The number of nitrogens with one attached hydrogen (secondary N) is 1. The minimum atomic E-state index is -0.669. The first-order valence-electron chi connectivity index (χ1n) is 6.74. The smallest absolute Gasteiger partial charge is 0.183 e. The van der Waals surface area contributed by atoms with Gasteiger partial charge in [0.1, 0.15) is 29.8 Å². The molecule has 8 nitrogen and oxygen atoms in total. The molecule has 0 radical (unpaired) electrons. The molecule has 2 fully saturated rings. The summed E-state index contributed by atoms with van der Waals surface area (Å²) >= 11 is 1.58. The van der Waals surface area contributed by atoms with E-state index < -0.39 is 18.4 Å². The van der Waals surface area contributed by atoms with Gasteiger partial charge in [0.25, 0.3) is 0 Å². The first kappa shape index (κ1) is 13.3. The lowest BCUT2D eigenvalue weighted by Crippen LogP contribution is -2.57. The van der Waals surface area contributed by atoms with E-state index in [1.807, 2.05) is 5.38 Å². The Morgan fingerprint density at radius 2 is 2.48 bits per heavy atom. The third kappa shape index (κ3) is 2.36. The number of fused-ring (bicyclic) bond motifs is 2. The van der Waals surface area contributed by atoms with E-state index in [-0.39, 0.29) is 12.1 Å². The fourth-order valence-corrected chi connectivity index (χ4v) is 3.42. The first-order chi connectivity index (χ1) is 10.3. The van der Waals surface area contributed by atoms with Gasteiger partial charge in [0.05, 0.1) is 18.8 Å². The van der Waals surface area contributed by atoms with E-state index in [1.54, 1.807) is 28.5 Å². The van der Waals surface area contributed by atoms with Crippen LogP contribution in [0, 0.1) is 0 Å². The molecule has 4 rings (SSSR count). The Morgan fingerprint density at radius 1 is 1.52 bits per heavy atom. The van der Waals surface area contributed by atoms with E-state index in [2.05, 4.69) is 20.4 Å². The Morgan fingerprint density at radius 3 is 3.24 bits per heavy atom. The van der Waals surface area contributed by atoms with Gasteiger partial charge in [-0.25, -0.2) is 14.6 Å². The maximum absolute atomic E-state index is 10.7. The molecular formula is C12H15N5O3S. The zero-order chi connectivity index (χ0) is 14.2. The van der Waals surface area contributed by atoms with Crippen LogP contribution in [-0.2, 0) is 16.0 Å². The lowest BCUT2D eigenvalue weighted by atomic mass is 9.96. The molecule has 2 bridgehead atoms. The Kier molecular flexibility index (Phi) is 3.43. The van der Waals surface area contributed by atoms with Crippen molar-refractivity contribution in [2.75, 3.05) is 6.61 Å². The van der Waals surface area contributed by atoms with Crippen molar-refractivity contribution in [1.29, 1.82) is 0 Å². The predicted octanol–water partition coefficient (Wildman–Crippen LogP) is -0.450. The van der Waals surface area contributed by atoms with Crippen LogP contribution in [0.5, 0.6) is 0 Å². The Hall–Kier alpha value is -1.39. The molecule has 2 aromatic rings. The van der Waals surface area contributed by atoms with E-state index in [9.17, 15) is 5.11 Å². The van der Waals surface area contributed by atoms with E-state index in [0.717, 1.165) is 5.01 Å². The average Bonchev–Trinajstić information content (AvgIpc) is 3.20. The van der Waals surface area contributed by atoms with Crippen molar-refractivity contribution in [3.05, 3.63) is 29.2 Å². The second-order valence-electron chi connectivity index (χ2n) is 5.07. The van der Waals surface area contributed by atoms with E-state index in [0.29, 0.717) is 13.2 Å². The van der Waals surface area contributed by atoms with E-state index in [1.165, 1.54) is 6.33 Å². The van der Waals surface area contributed by atoms with Crippen LogP contribution in [0.15, 0.2) is 24.2 Å². The summed E-state index contributed by atoms with van der Waals surface area (Å²) in [7, 11) is 0. The van der Waals surface area contributed by atoms with Crippen molar-refractivity contribution in [3.63, 3.8) is 0 Å². The molecular weight excluding hydrogens is 294 g/mol. The van der Waals surface area contributed by atoms with E-state index in [4.69, 9.17) is 9.47 Å². The molecule has 2 saturated heterocycles. The Labute approximate surface area is 124 Å². The minimum absolute atomic E-state index is 0.162. The van der Waals surface area contributed by atoms with Crippen molar-refractivity contribution in [3.8, 4) is 0 Å². The summed E-state index contributed by atoms with van der Waals surface area (Å²) in [5.74, 6) is 0. The number of hydrogen-bond acceptors (Lipinski definition) is 8. The van der Waals surface area contributed by atoms with Gasteiger partial charge in [-0.3, -0.25) is 0 Å². The fourth-order valence-electron chi connectivity index (χ4n) is 2.85. The number of thiazole rings is 1. The van der Waals surface area contributed by atoms with Gasteiger partial charge in [0.2, 0.25) is 0 Å². The summed E-state index contributed by atoms with van der Waals surface area (Å²) in [6.07, 6.45) is 3.46. The normalized spacial score (nSPS) is 35.2. The molecule has 0 aliphatic carbocycles. The fraction of sp³-hybridized carbons (Fsp3) is 0.583. The lowest BCUT2D eigenvalue weighted by Gasteiger charge is -2.38. The van der Waals surface area contributed by atoms with Crippen LogP contribution in [0.4, 0.5) is 0 Å². The third-order valence-corrected chi connectivity index (χ3v) is 4.63. The molecule has 2 aromatic heterocycles. The quantitative estimate of drug-likeness (QED) is 0.790. The number of rotatable bonds is 4. The zero-order valence-corrected chi connectivity index (χ0v) is 11.9. The molecule has 112 valence electrons. The summed E-state index contributed by atoms with van der Waals surface area (Å²) in [5.41, 5.74) is 0. The van der Waals surface area contributed by atoms with Gasteiger partial charge in [-0.05, 0) is 0 Å². The molecule has 2 aliphatic heterocycles. The standard InChI is InChI=1S/C12H15N5O3S/c18-11-9(15-3-8-14-1-2-21-8)7-4-19-12(20-7)10(11)17-6-13-5-16-17/h1-2,5-7,9-12,15,18H,3-4H2/t7-,9-,10-,11+,12-/m1/s1. The first-order valence-corrected chi connectivity index (χ1v) is 7.62. The highest BCUT2D eigenvalue weighted by molar-refractivity contribution is 7.09. The summed E-state index contributed by atoms with van der Waals surface area (Å²) in [6, 6.07) is -0.637. The average molecular weight is 309 g/mol. The van der Waals surface area contributed by atoms with Gasteiger partial charge in [-0.1, -0.05) is 0 Å². The SMILES string of the molecule is O[C@H]1[C@H](NCc2nccs2)[C@H]2CO[C@H](O2)[C@@H]1n1cncn1. The minimum Gasteiger partial charge on any atom is -0.389 e. The van der Waals surface area contributed by atoms with Crippen LogP contribution in [0.1, 0.15) is 11.0 Å². The Balaban J connectivity index is 1.53. The molecule has 0 saturated carbocycles. The zero-order valence-electron chi connectivity index (χ0n) is 11.1. The molecule has 4 heterocycles. The molecule has 5 atom stereocenters. The van der Waals surface area contributed by atoms with Crippen molar-refractivity contribution < 1.29 is 14.6 Å². The van der Waals surface area contributed by atoms with Crippen molar-refractivity contribution >= 4 is 11.3 Å². The largest absolute Gasteiger partial charge is 0.389 e. The molecule has 0 unspecified atom stereocenters. The van der Waals surface area contributed by atoms with Crippen molar-refractivity contribution in [2.24, 2.45) is 0 Å². The van der Waals surface area contributed by atoms with Crippen LogP contribution in [0.3, 0.4) is 0 Å². The number of hydrogen-bond donors (Lipinski definition) is 2. The highest BCUT2D eigenvalue weighted by Crippen LogP contribution is 2.35. The van der Waals surface area contributed by atoms with Crippen LogP contribution in [0.2, 0.25) is 0 Å². The van der Waals surface area contributed by atoms with Crippen LogP contribution in [-0.4, -0.2) is 56.0 Å². The summed E-state index contributed by atoms with van der Waals surface area (Å²) in [4.78, 5) is 8.16. The Bertz CT molecular complexity index is 578. The molecule has 2 aliphatic rings. The van der Waals surface area contributed by atoms with Crippen LogP contribution < -0.4 is 5.32 Å². The molecule has 0 aromatic carbocycles. The van der Waals surface area contributed by atoms with E-state index >= 15 is 0 Å². The van der Waals surface area contributed by atoms with Gasteiger partial charge in [-0.2, -0.15) is 5.10 Å². The predicted molar refractivity (Wildman–Crippen MR) is 72.4 cm³/mol. The summed E-state index contributed by atoms with van der Waals surface area (Å²) in [6.45, 7) is 1.05. The topological polar surface area (TPSA) is 94.3 Å². The summed E-state index contributed by atoms with van der Waals surface area (Å²) < 4.78 is 13.1. The highest BCUT2D eigenvalue weighted by atomic mass is 32.1. The molecule has 9 heteroatoms. The molecule has 0 spiro atoms. The molecule has 21 heavy (non-hydrogen) atoms. The number of ether oxygens (including phenoxy) is 2. The van der Waals surface area contributed by atoms with Gasteiger partial charge < -0.3 is 19.9 Å². The number of nitrogens with zero attached hydrogens (tertiary/aromatic N) is 4. The lowest BCUT2D eigenvalue weighted by molar-refractivity contribution is -0.168. The highest BCUT2D eigenvalue weighted by Gasteiger charge is 2.51. The van der Waals surface area contributed by atoms with Gasteiger partial charge >= 0.3 is 0 Å². The van der Waals surface area contributed by atoms with Gasteiger partial charge in [0, 0.05) is 18.1 Å². The van der Waals surface area contributed by atoms with Gasteiger partial charge in [-0.15, -0.1) is 11.3 Å². The second-order valence-corrected chi connectivity index (χ2v) is 6.04. The monoisotopic (exact) mass is 309 g/mol. The van der Waals surface area contributed by atoms with Crippen molar-refractivity contribution in [2.45, 2.75) is 37.1 Å². The van der Waals surface area contributed by atoms with Crippen LogP contribution >= 0.6 is 11.3 Å². The summed E-state index contributed by atoms with van der Waals surface area (Å²) in [5, 5.41) is 21.0. The molecule has 0 amide bonds. The number of aromatic nitrogens is 4. The van der Waals surface area contributed by atoms with Crippen LogP contribution in [0.25, 0.3) is 0 Å². The maximum Gasteiger partial charge on any atom is 0.183 e. The second kappa shape index (κ2) is 5.43. The molecule has 2 N–H and O–H groups in total.